The lowest BCUT2D eigenvalue weighted by atomic mass is 10.2. The fourth-order valence-electron chi connectivity index (χ4n) is 3.38. The Morgan fingerprint density at radius 1 is 1.53 bits per heavy atom. The van der Waals surface area contributed by atoms with Crippen molar-refractivity contribution in [1.29, 1.82) is 0 Å². The number of carbonyl (C=O) groups is 1. The Kier molecular flexibility index (Phi) is 5.01. The Bertz CT molecular complexity index is 1070. The van der Waals surface area contributed by atoms with Gasteiger partial charge < -0.3 is 34.8 Å². The van der Waals surface area contributed by atoms with Crippen molar-refractivity contribution in [3.8, 4) is 0 Å². The molecule has 1 aliphatic carbocycles. The molecular weight excluding hydrogens is 452 g/mol. The van der Waals surface area contributed by atoms with Crippen molar-refractivity contribution in [3.05, 3.63) is 11.6 Å². The third kappa shape index (κ3) is 3.15. The molecule has 6 atom stereocenters. The van der Waals surface area contributed by atoms with E-state index < -0.39 is 49.6 Å². The van der Waals surface area contributed by atoms with Gasteiger partial charge in [-0.05, 0) is 18.5 Å². The van der Waals surface area contributed by atoms with Crippen LogP contribution in [0.2, 0.25) is 5.28 Å². The maximum Gasteiger partial charge on any atom is 0.365 e. The van der Waals surface area contributed by atoms with E-state index in [-0.39, 0.29) is 28.9 Å². The van der Waals surface area contributed by atoms with E-state index in [9.17, 15) is 24.3 Å². The Morgan fingerprint density at radius 2 is 2.23 bits per heavy atom. The Morgan fingerprint density at radius 3 is 2.80 bits per heavy atom. The molecule has 1 aliphatic heterocycles. The molecule has 0 radical (unpaired) electrons. The van der Waals surface area contributed by atoms with Crippen LogP contribution < -0.4 is 5.73 Å². The second kappa shape index (κ2) is 7.05. The molecule has 2 aromatic rings. The van der Waals surface area contributed by atoms with Crippen LogP contribution >= 0.6 is 19.2 Å². The van der Waals surface area contributed by atoms with Crippen LogP contribution in [0.5, 0.6) is 0 Å². The standard InChI is InChI=1S/C14H16ClFN5O8P/c1-2-27-11(22)12(30(24,25)26)29-7-6-14(7,23)5(16)10(28-6)21-3-18-4-8(17)19-13(15)20-9(4)21/h3,5-7,10,12,23H,2H2,1H3,(H2,17,19,20)(H2,24,25,26)/t5-,6-,7?,10-,12?,14+/m1/s1. The number of anilines is 1. The summed E-state index contributed by atoms with van der Waals surface area (Å²) in [6.07, 6.45) is -5.19. The Labute approximate surface area is 172 Å². The molecule has 0 bridgehead atoms. The summed E-state index contributed by atoms with van der Waals surface area (Å²) in [7, 11) is -5.12. The number of fused-ring (bicyclic) bond motifs is 2. The molecule has 1 saturated carbocycles. The topological polar surface area (TPSA) is 192 Å². The molecule has 2 aromatic heterocycles. The summed E-state index contributed by atoms with van der Waals surface area (Å²) in [6.45, 7) is 1.26. The molecule has 16 heteroatoms. The van der Waals surface area contributed by atoms with Crippen LogP contribution in [0.25, 0.3) is 11.2 Å². The van der Waals surface area contributed by atoms with Crippen molar-refractivity contribution in [1.82, 2.24) is 19.5 Å². The summed E-state index contributed by atoms with van der Waals surface area (Å²) < 4.78 is 42.9. The van der Waals surface area contributed by atoms with Crippen LogP contribution in [-0.4, -0.2) is 76.8 Å². The molecule has 1 saturated heterocycles. The lowest BCUT2D eigenvalue weighted by Crippen LogP contribution is -2.37. The van der Waals surface area contributed by atoms with Gasteiger partial charge in [-0.2, -0.15) is 9.97 Å². The van der Waals surface area contributed by atoms with Gasteiger partial charge in [0.2, 0.25) is 5.28 Å². The lowest BCUT2D eigenvalue weighted by Gasteiger charge is -2.24. The van der Waals surface area contributed by atoms with E-state index in [2.05, 4.69) is 19.7 Å². The molecule has 30 heavy (non-hydrogen) atoms. The van der Waals surface area contributed by atoms with Crippen LogP contribution in [-0.2, 0) is 23.6 Å². The van der Waals surface area contributed by atoms with E-state index in [0.717, 1.165) is 4.57 Å². The highest BCUT2D eigenvalue weighted by molar-refractivity contribution is 7.53. The number of alkyl halides is 1. The zero-order valence-electron chi connectivity index (χ0n) is 15.1. The predicted molar refractivity (Wildman–Crippen MR) is 95.8 cm³/mol. The van der Waals surface area contributed by atoms with Crippen molar-refractivity contribution in [2.75, 3.05) is 12.3 Å². The van der Waals surface area contributed by atoms with E-state index in [4.69, 9.17) is 26.8 Å². The first-order chi connectivity index (χ1) is 14.0. The minimum absolute atomic E-state index is 0.0406. The number of hydrogen-bond acceptors (Lipinski definition) is 10. The minimum Gasteiger partial charge on any atom is -0.464 e. The molecule has 0 amide bonds. The monoisotopic (exact) mass is 467 g/mol. The maximum absolute atomic E-state index is 15.1. The third-order valence-corrected chi connectivity index (χ3v) is 5.93. The fourth-order valence-corrected chi connectivity index (χ4v) is 4.19. The molecule has 0 spiro atoms. The molecule has 2 unspecified atom stereocenters. The zero-order valence-corrected chi connectivity index (χ0v) is 16.8. The predicted octanol–water partition coefficient (Wildman–Crippen LogP) is -0.506. The number of aromatic nitrogens is 4. The number of nitrogen functional groups attached to an aromatic ring is 1. The van der Waals surface area contributed by atoms with E-state index in [0.29, 0.717) is 0 Å². The van der Waals surface area contributed by atoms with Gasteiger partial charge in [0.25, 0.3) is 5.85 Å². The normalized spacial score (nSPS) is 31.5. The van der Waals surface area contributed by atoms with Gasteiger partial charge in [-0.15, -0.1) is 0 Å². The van der Waals surface area contributed by atoms with Gasteiger partial charge in [0.15, 0.2) is 29.5 Å². The quantitative estimate of drug-likeness (QED) is 0.242. The van der Waals surface area contributed by atoms with Crippen LogP contribution in [0.3, 0.4) is 0 Å². The van der Waals surface area contributed by atoms with Crippen molar-refractivity contribution < 1.29 is 42.9 Å². The molecular formula is C14H16ClFN5O8P. The van der Waals surface area contributed by atoms with Crippen LogP contribution in [0.15, 0.2) is 6.33 Å². The highest BCUT2D eigenvalue weighted by Gasteiger charge is 2.80. The number of rotatable bonds is 6. The van der Waals surface area contributed by atoms with E-state index in [1.54, 1.807) is 0 Å². The second-order valence-electron chi connectivity index (χ2n) is 6.69. The maximum atomic E-state index is 15.1. The van der Waals surface area contributed by atoms with Gasteiger partial charge in [-0.3, -0.25) is 9.13 Å². The van der Waals surface area contributed by atoms with Crippen LogP contribution in [0.4, 0.5) is 10.2 Å². The zero-order chi connectivity index (χ0) is 22.0. The first-order valence-electron chi connectivity index (χ1n) is 8.54. The third-order valence-electron chi connectivity index (χ3n) is 4.82. The van der Waals surface area contributed by atoms with Gasteiger partial charge in [0.05, 0.1) is 12.9 Å². The van der Waals surface area contributed by atoms with E-state index >= 15 is 4.39 Å². The van der Waals surface area contributed by atoms with Crippen LogP contribution in [0.1, 0.15) is 13.2 Å². The number of nitrogens with zero attached hydrogens (tertiary/aromatic N) is 4. The molecule has 4 rings (SSSR count). The minimum atomic E-state index is -5.12. The summed E-state index contributed by atoms with van der Waals surface area (Å²) >= 11 is 5.77. The van der Waals surface area contributed by atoms with E-state index in [1.807, 2.05) is 0 Å². The smallest absolute Gasteiger partial charge is 0.365 e. The second-order valence-corrected chi connectivity index (χ2v) is 8.67. The number of ether oxygens (including phenoxy) is 3. The Balaban J connectivity index is 1.57. The summed E-state index contributed by atoms with van der Waals surface area (Å²) in [6, 6.07) is 0. The number of esters is 1. The van der Waals surface area contributed by atoms with Gasteiger partial charge in [0, 0.05) is 0 Å². The summed E-state index contributed by atoms with van der Waals surface area (Å²) in [5.41, 5.74) is 3.64. The first kappa shape index (κ1) is 21.3. The number of carbonyl (C=O) groups excluding carboxylic acids is 1. The summed E-state index contributed by atoms with van der Waals surface area (Å²) in [5, 5.41) is 10.4. The van der Waals surface area contributed by atoms with Gasteiger partial charge in [-0.25, -0.2) is 14.2 Å². The molecule has 2 aliphatic rings. The van der Waals surface area contributed by atoms with Crippen LogP contribution in [0, 0.1) is 0 Å². The highest BCUT2D eigenvalue weighted by atomic mass is 35.5. The van der Waals surface area contributed by atoms with Gasteiger partial charge in [-0.1, -0.05) is 0 Å². The number of nitrogens with two attached hydrogens (primary N) is 1. The molecule has 3 heterocycles. The number of aliphatic hydroxyl groups is 1. The SMILES string of the molecule is CCOC(=O)C(OC1[C@H]2O[C@@H](n3cnc4c(N)nc(Cl)nc43)[C@@H](F)[C@@]12O)P(=O)(O)O. The lowest BCUT2D eigenvalue weighted by molar-refractivity contribution is -0.157. The first-order valence-corrected chi connectivity index (χ1v) is 10.6. The van der Waals surface area contributed by atoms with Crippen molar-refractivity contribution in [2.45, 2.75) is 43.0 Å². The molecule has 0 aromatic carbocycles. The average molecular weight is 468 g/mol. The Hall–Kier alpha value is -1.93. The number of hydrogen-bond donors (Lipinski definition) is 4. The van der Waals surface area contributed by atoms with Gasteiger partial charge in [0.1, 0.15) is 17.7 Å². The van der Waals surface area contributed by atoms with Crippen molar-refractivity contribution >= 4 is 42.1 Å². The average Bonchev–Trinajstić information content (AvgIpc) is 2.89. The highest BCUT2D eigenvalue weighted by Crippen LogP contribution is 2.59. The molecule has 2 fully saturated rings. The largest absolute Gasteiger partial charge is 0.464 e. The van der Waals surface area contributed by atoms with Gasteiger partial charge >= 0.3 is 13.6 Å². The van der Waals surface area contributed by atoms with E-state index in [1.165, 1.54) is 13.3 Å². The molecule has 5 N–H and O–H groups in total. The number of halogens is 2. The number of imidazole rings is 1. The van der Waals surface area contributed by atoms with Crippen molar-refractivity contribution in [3.63, 3.8) is 0 Å². The molecule has 13 nitrogen and oxygen atoms in total. The summed E-state index contributed by atoms with van der Waals surface area (Å²) in [5.74, 6) is -3.71. The fraction of sp³-hybridized carbons (Fsp3) is 0.571. The summed E-state index contributed by atoms with van der Waals surface area (Å²) in [4.78, 5) is 42.2. The molecule has 164 valence electrons. The van der Waals surface area contributed by atoms with Crippen molar-refractivity contribution in [2.24, 2.45) is 0 Å².